The second kappa shape index (κ2) is 8.62. The SMILES string of the molecule is Cc1ccc(N2C(=O)/C(=C/c3cn(Cc4ccc(C#N)cc4)c4ccccc34)NC2=S)cc1C. The van der Waals surface area contributed by atoms with Crippen LogP contribution in [0.1, 0.15) is 27.8 Å². The molecule has 0 radical (unpaired) electrons. The fourth-order valence-electron chi connectivity index (χ4n) is 4.19. The first-order valence-corrected chi connectivity index (χ1v) is 11.4. The molecule has 0 unspecified atom stereocenters. The summed E-state index contributed by atoms with van der Waals surface area (Å²) in [4.78, 5) is 14.8. The van der Waals surface area contributed by atoms with Gasteiger partial charge in [-0.3, -0.25) is 9.69 Å². The molecule has 0 atom stereocenters. The number of thiocarbonyl (C=S) groups is 1. The van der Waals surface area contributed by atoms with E-state index in [0.717, 1.165) is 33.3 Å². The fraction of sp³-hybridized carbons (Fsp3) is 0.107. The van der Waals surface area contributed by atoms with Crippen molar-refractivity contribution in [3.63, 3.8) is 0 Å². The molecule has 5 nitrogen and oxygen atoms in total. The predicted molar refractivity (Wildman–Crippen MR) is 139 cm³/mol. The van der Waals surface area contributed by atoms with Crippen molar-refractivity contribution in [2.45, 2.75) is 20.4 Å². The van der Waals surface area contributed by atoms with Gasteiger partial charge in [-0.2, -0.15) is 5.26 Å². The van der Waals surface area contributed by atoms with Crippen molar-refractivity contribution in [1.29, 1.82) is 5.26 Å². The number of nitrogens with one attached hydrogen (secondary N) is 1. The number of hydrogen-bond donors (Lipinski definition) is 1. The molecule has 5 rings (SSSR count). The van der Waals surface area contributed by atoms with Gasteiger partial charge in [0.1, 0.15) is 5.70 Å². The maximum atomic E-state index is 13.3. The number of aryl methyl sites for hydroxylation is 2. The number of rotatable bonds is 4. The van der Waals surface area contributed by atoms with Crippen LogP contribution in [0.4, 0.5) is 5.69 Å². The summed E-state index contributed by atoms with van der Waals surface area (Å²) < 4.78 is 2.15. The molecule has 1 aliphatic rings. The number of nitriles is 1. The Balaban J connectivity index is 1.50. The molecule has 166 valence electrons. The summed E-state index contributed by atoms with van der Waals surface area (Å²) in [5.41, 5.74) is 7.22. The number of fused-ring (bicyclic) bond motifs is 1. The van der Waals surface area contributed by atoms with Gasteiger partial charge in [0.15, 0.2) is 5.11 Å². The molecule has 1 aliphatic heterocycles. The largest absolute Gasteiger partial charge is 0.342 e. The monoisotopic (exact) mass is 462 g/mol. The van der Waals surface area contributed by atoms with E-state index in [-0.39, 0.29) is 5.91 Å². The molecule has 1 amide bonds. The Morgan fingerprint density at radius 2 is 1.79 bits per heavy atom. The van der Waals surface area contributed by atoms with Gasteiger partial charge in [0, 0.05) is 29.2 Å². The van der Waals surface area contributed by atoms with Crippen molar-refractivity contribution in [2.75, 3.05) is 4.90 Å². The van der Waals surface area contributed by atoms with Gasteiger partial charge in [-0.15, -0.1) is 0 Å². The Hall–Kier alpha value is -4.21. The van der Waals surface area contributed by atoms with Gasteiger partial charge < -0.3 is 9.88 Å². The van der Waals surface area contributed by atoms with E-state index in [1.54, 1.807) is 4.90 Å². The van der Waals surface area contributed by atoms with E-state index in [1.165, 1.54) is 5.56 Å². The Bertz CT molecular complexity index is 1520. The Morgan fingerprint density at radius 3 is 2.53 bits per heavy atom. The molecule has 0 bridgehead atoms. The van der Waals surface area contributed by atoms with E-state index in [9.17, 15) is 4.79 Å². The Kier molecular flexibility index (Phi) is 5.48. The zero-order valence-electron chi connectivity index (χ0n) is 18.9. The third-order valence-corrected chi connectivity index (χ3v) is 6.47. The molecule has 1 fully saturated rings. The highest BCUT2D eigenvalue weighted by atomic mass is 32.1. The fourth-order valence-corrected chi connectivity index (χ4v) is 4.49. The molecule has 3 aromatic carbocycles. The van der Waals surface area contributed by atoms with Gasteiger partial charge in [-0.1, -0.05) is 36.4 Å². The zero-order valence-corrected chi connectivity index (χ0v) is 19.7. The van der Waals surface area contributed by atoms with E-state index >= 15 is 0 Å². The number of aromatic nitrogens is 1. The van der Waals surface area contributed by atoms with Crippen LogP contribution in [0.25, 0.3) is 17.0 Å². The number of benzene rings is 3. The van der Waals surface area contributed by atoms with Gasteiger partial charge in [-0.05, 0) is 79.2 Å². The van der Waals surface area contributed by atoms with Gasteiger partial charge in [0.25, 0.3) is 5.91 Å². The molecule has 6 heteroatoms. The molecular formula is C28H22N4OS. The highest BCUT2D eigenvalue weighted by molar-refractivity contribution is 7.80. The third kappa shape index (κ3) is 3.87. The number of nitrogens with zero attached hydrogens (tertiary/aromatic N) is 3. The van der Waals surface area contributed by atoms with E-state index in [0.29, 0.717) is 22.9 Å². The maximum absolute atomic E-state index is 13.3. The predicted octanol–water partition coefficient (Wildman–Crippen LogP) is 5.44. The van der Waals surface area contributed by atoms with Crippen molar-refractivity contribution >= 4 is 45.9 Å². The number of para-hydroxylation sites is 1. The normalized spacial score (nSPS) is 14.6. The number of amides is 1. The zero-order chi connectivity index (χ0) is 23.8. The molecule has 0 saturated carbocycles. The summed E-state index contributed by atoms with van der Waals surface area (Å²) in [6.07, 6.45) is 3.92. The van der Waals surface area contributed by atoms with Gasteiger partial charge >= 0.3 is 0 Å². The lowest BCUT2D eigenvalue weighted by Gasteiger charge is -2.15. The first kappa shape index (κ1) is 21.6. The smallest absolute Gasteiger partial charge is 0.281 e. The van der Waals surface area contributed by atoms with E-state index in [4.69, 9.17) is 17.5 Å². The Labute approximate surface area is 203 Å². The average Bonchev–Trinajstić information content (AvgIpc) is 3.32. The molecule has 0 aliphatic carbocycles. The lowest BCUT2D eigenvalue weighted by Crippen LogP contribution is -2.30. The van der Waals surface area contributed by atoms with Crippen molar-refractivity contribution in [2.24, 2.45) is 0 Å². The van der Waals surface area contributed by atoms with Crippen molar-refractivity contribution in [3.8, 4) is 6.07 Å². The van der Waals surface area contributed by atoms with Crippen LogP contribution in [0.5, 0.6) is 0 Å². The minimum Gasteiger partial charge on any atom is -0.342 e. The van der Waals surface area contributed by atoms with E-state index < -0.39 is 0 Å². The first-order valence-electron chi connectivity index (χ1n) is 11.0. The van der Waals surface area contributed by atoms with Crippen LogP contribution in [-0.2, 0) is 11.3 Å². The maximum Gasteiger partial charge on any atom is 0.281 e. The number of hydrogen-bond acceptors (Lipinski definition) is 3. The van der Waals surface area contributed by atoms with Crippen LogP contribution in [-0.4, -0.2) is 15.6 Å². The van der Waals surface area contributed by atoms with Crippen molar-refractivity contribution < 1.29 is 4.79 Å². The van der Waals surface area contributed by atoms with Gasteiger partial charge in [0.05, 0.1) is 17.3 Å². The van der Waals surface area contributed by atoms with Crippen molar-refractivity contribution in [3.05, 3.63) is 106 Å². The number of carbonyl (C=O) groups is 1. The van der Waals surface area contributed by atoms with Crippen LogP contribution >= 0.6 is 12.2 Å². The molecule has 34 heavy (non-hydrogen) atoms. The van der Waals surface area contributed by atoms with Crippen LogP contribution in [0, 0.1) is 25.2 Å². The molecular weight excluding hydrogens is 440 g/mol. The first-order chi connectivity index (χ1) is 16.4. The molecule has 1 N–H and O–H groups in total. The summed E-state index contributed by atoms with van der Waals surface area (Å²) in [6, 6.07) is 23.7. The lowest BCUT2D eigenvalue weighted by atomic mass is 10.1. The molecule has 1 saturated heterocycles. The number of carbonyl (C=O) groups excluding carboxylic acids is 1. The lowest BCUT2D eigenvalue weighted by molar-refractivity contribution is -0.113. The molecule has 2 heterocycles. The summed E-state index contributed by atoms with van der Waals surface area (Å²) in [5, 5.41) is 13.6. The second-order valence-corrected chi connectivity index (χ2v) is 8.82. The molecule has 4 aromatic rings. The van der Waals surface area contributed by atoms with Gasteiger partial charge in [0.2, 0.25) is 0 Å². The average molecular weight is 463 g/mol. The summed E-state index contributed by atoms with van der Waals surface area (Å²) in [5.74, 6) is -0.169. The quantitative estimate of drug-likeness (QED) is 0.324. The van der Waals surface area contributed by atoms with Crippen LogP contribution in [0.2, 0.25) is 0 Å². The van der Waals surface area contributed by atoms with Crippen molar-refractivity contribution in [1.82, 2.24) is 9.88 Å². The van der Waals surface area contributed by atoms with E-state index in [1.807, 2.05) is 80.7 Å². The summed E-state index contributed by atoms with van der Waals surface area (Å²) in [7, 11) is 0. The Morgan fingerprint density at radius 1 is 1.03 bits per heavy atom. The van der Waals surface area contributed by atoms with Crippen LogP contribution in [0.3, 0.4) is 0 Å². The van der Waals surface area contributed by atoms with E-state index in [2.05, 4.69) is 28.1 Å². The van der Waals surface area contributed by atoms with Gasteiger partial charge in [-0.25, -0.2) is 0 Å². The van der Waals surface area contributed by atoms with Crippen LogP contribution in [0.15, 0.2) is 78.6 Å². The molecule has 0 spiro atoms. The van der Waals surface area contributed by atoms with Crippen LogP contribution < -0.4 is 10.2 Å². The topological polar surface area (TPSA) is 61.1 Å². The third-order valence-electron chi connectivity index (χ3n) is 6.18. The minimum absolute atomic E-state index is 0.169. The number of anilines is 1. The second-order valence-electron chi connectivity index (χ2n) is 8.44. The standard InChI is InChI=1S/C28H22N4OS/c1-18-7-12-23(13-19(18)2)32-27(33)25(30-28(32)34)14-22-17-31(26-6-4-3-5-24(22)26)16-21-10-8-20(15-29)9-11-21/h3-14,17H,16H2,1-2H3,(H,30,34)/b25-14-. The highest BCUT2D eigenvalue weighted by Gasteiger charge is 2.32. The summed E-state index contributed by atoms with van der Waals surface area (Å²) in [6.45, 7) is 4.72. The molecule has 1 aromatic heterocycles. The summed E-state index contributed by atoms with van der Waals surface area (Å²) >= 11 is 5.50. The minimum atomic E-state index is -0.169. The highest BCUT2D eigenvalue weighted by Crippen LogP contribution is 2.28.